The van der Waals surface area contributed by atoms with E-state index in [4.69, 9.17) is 4.74 Å². The summed E-state index contributed by atoms with van der Waals surface area (Å²) in [4.78, 5) is 13.5. The Bertz CT molecular complexity index is 350. The van der Waals surface area contributed by atoms with Crippen LogP contribution in [0.4, 0.5) is 0 Å². The van der Waals surface area contributed by atoms with Crippen molar-refractivity contribution in [2.75, 3.05) is 26.8 Å². The quantitative estimate of drug-likeness (QED) is 0.773. The fourth-order valence-corrected chi connectivity index (χ4v) is 2.20. The van der Waals surface area contributed by atoms with Crippen LogP contribution in [0.15, 0.2) is 30.3 Å². The summed E-state index contributed by atoms with van der Waals surface area (Å²) in [6, 6.07) is 10.4. The summed E-state index contributed by atoms with van der Waals surface area (Å²) in [6.45, 7) is 1.87. The van der Waals surface area contributed by atoms with Crippen LogP contribution in [-0.4, -0.2) is 37.6 Å². The molecule has 1 fully saturated rings. The molecule has 1 heterocycles. The minimum Gasteiger partial charge on any atom is -0.375 e. The van der Waals surface area contributed by atoms with E-state index in [2.05, 4.69) is 24.3 Å². The van der Waals surface area contributed by atoms with Crippen LogP contribution in [0.3, 0.4) is 0 Å². The van der Waals surface area contributed by atoms with Gasteiger partial charge in [0.25, 0.3) is 0 Å². The number of likely N-dealkylation sites (tertiary alicyclic amines) is 1. The van der Waals surface area contributed by atoms with Crippen LogP contribution in [0.25, 0.3) is 0 Å². The van der Waals surface area contributed by atoms with Gasteiger partial charge in [0.05, 0.1) is 0 Å². The number of hydrogen-bond acceptors (Lipinski definition) is 2. The number of carbonyl (C=O) groups is 1. The highest BCUT2D eigenvalue weighted by Gasteiger charge is 2.26. The summed E-state index contributed by atoms with van der Waals surface area (Å²) in [7, 11) is 1.56. The Kier molecular flexibility index (Phi) is 3.57. The van der Waals surface area contributed by atoms with Crippen molar-refractivity contribution < 1.29 is 9.53 Å². The number of benzene rings is 1. The van der Waals surface area contributed by atoms with Gasteiger partial charge in [0.1, 0.15) is 6.61 Å². The summed E-state index contributed by atoms with van der Waals surface area (Å²) in [5.41, 5.74) is 1.33. The molecule has 1 saturated heterocycles. The molecular weight excluding hydrogens is 202 g/mol. The molecule has 1 unspecified atom stereocenters. The second-order valence-corrected chi connectivity index (χ2v) is 4.17. The van der Waals surface area contributed by atoms with Crippen molar-refractivity contribution >= 4 is 5.91 Å². The van der Waals surface area contributed by atoms with Crippen LogP contribution in [0.5, 0.6) is 0 Å². The van der Waals surface area contributed by atoms with Crippen molar-refractivity contribution in [3.63, 3.8) is 0 Å². The fourth-order valence-electron chi connectivity index (χ4n) is 2.20. The molecule has 3 nitrogen and oxygen atoms in total. The molecular formula is C13H17NO2. The van der Waals surface area contributed by atoms with E-state index in [1.807, 2.05) is 11.0 Å². The number of hydrogen-bond donors (Lipinski definition) is 0. The lowest BCUT2D eigenvalue weighted by Crippen LogP contribution is -2.31. The van der Waals surface area contributed by atoms with Gasteiger partial charge in [-0.15, -0.1) is 0 Å². The van der Waals surface area contributed by atoms with Crippen molar-refractivity contribution in [1.82, 2.24) is 4.90 Å². The van der Waals surface area contributed by atoms with Crippen LogP contribution in [-0.2, 0) is 9.53 Å². The summed E-state index contributed by atoms with van der Waals surface area (Å²) < 4.78 is 4.87. The molecule has 0 radical (unpaired) electrons. The summed E-state index contributed by atoms with van der Waals surface area (Å²) >= 11 is 0. The maximum atomic E-state index is 11.6. The second-order valence-electron chi connectivity index (χ2n) is 4.17. The van der Waals surface area contributed by atoms with Gasteiger partial charge >= 0.3 is 0 Å². The Labute approximate surface area is 96.0 Å². The highest BCUT2D eigenvalue weighted by atomic mass is 16.5. The third-order valence-electron chi connectivity index (χ3n) is 3.08. The van der Waals surface area contributed by atoms with E-state index in [-0.39, 0.29) is 12.5 Å². The molecule has 2 rings (SSSR count). The average Bonchev–Trinajstić information content (AvgIpc) is 2.80. The number of carbonyl (C=O) groups excluding carboxylic acids is 1. The van der Waals surface area contributed by atoms with Crippen LogP contribution in [0, 0.1) is 0 Å². The molecule has 0 N–H and O–H groups in total. The molecule has 1 aliphatic heterocycles. The molecule has 0 spiro atoms. The van der Waals surface area contributed by atoms with E-state index in [9.17, 15) is 4.79 Å². The van der Waals surface area contributed by atoms with E-state index < -0.39 is 0 Å². The lowest BCUT2D eigenvalue weighted by Gasteiger charge is -2.16. The summed E-state index contributed by atoms with van der Waals surface area (Å²) in [6.07, 6.45) is 1.06. The molecule has 0 aliphatic carbocycles. The van der Waals surface area contributed by atoms with Gasteiger partial charge in [-0.25, -0.2) is 0 Å². The first-order valence-corrected chi connectivity index (χ1v) is 5.63. The summed E-state index contributed by atoms with van der Waals surface area (Å²) in [5.74, 6) is 0.586. The number of methoxy groups -OCH3 is 1. The monoisotopic (exact) mass is 219 g/mol. The van der Waals surface area contributed by atoms with Crippen LogP contribution in [0.1, 0.15) is 17.9 Å². The van der Waals surface area contributed by atoms with Crippen molar-refractivity contribution in [3.05, 3.63) is 35.9 Å². The van der Waals surface area contributed by atoms with E-state index in [1.165, 1.54) is 5.56 Å². The highest BCUT2D eigenvalue weighted by molar-refractivity contribution is 5.77. The first-order valence-electron chi connectivity index (χ1n) is 5.63. The molecule has 0 aromatic heterocycles. The first-order chi connectivity index (χ1) is 7.81. The van der Waals surface area contributed by atoms with Gasteiger partial charge < -0.3 is 9.64 Å². The van der Waals surface area contributed by atoms with Gasteiger partial charge in [0.15, 0.2) is 0 Å². The van der Waals surface area contributed by atoms with Gasteiger partial charge in [-0.2, -0.15) is 0 Å². The lowest BCUT2D eigenvalue weighted by molar-refractivity contribution is -0.134. The molecule has 1 aromatic carbocycles. The third kappa shape index (κ3) is 2.42. The first kappa shape index (κ1) is 11.1. The lowest BCUT2D eigenvalue weighted by atomic mass is 9.99. The topological polar surface area (TPSA) is 29.5 Å². The standard InChI is InChI=1S/C13H17NO2/c1-16-10-13(15)14-8-7-12(9-14)11-5-3-2-4-6-11/h2-6,12H,7-10H2,1H3. The highest BCUT2D eigenvalue weighted by Crippen LogP contribution is 2.26. The molecule has 16 heavy (non-hydrogen) atoms. The van der Waals surface area contributed by atoms with Crippen molar-refractivity contribution in [1.29, 1.82) is 0 Å². The van der Waals surface area contributed by atoms with E-state index in [0.29, 0.717) is 5.92 Å². The second kappa shape index (κ2) is 5.12. The van der Waals surface area contributed by atoms with Crippen molar-refractivity contribution in [2.45, 2.75) is 12.3 Å². The Morgan fingerprint density at radius 1 is 1.44 bits per heavy atom. The van der Waals surface area contributed by atoms with Crippen LogP contribution < -0.4 is 0 Å². The van der Waals surface area contributed by atoms with Gasteiger partial charge in [-0.05, 0) is 12.0 Å². The Morgan fingerprint density at radius 2 is 2.19 bits per heavy atom. The van der Waals surface area contributed by atoms with Crippen molar-refractivity contribution in [3.8, 4) is 0 Å². The van der Waals surface area contributed by atoms with Crippen molar-refractivity contribution in [2.24, 2.45) is 0 Å². The van der Waals surface area contributed by atoms with Gasteiger partial charge in [0.2, 0.25) is 5.91 Å². The van der Waals surface area contributed by atoms with E-state index in [1.54, 1.807) is 7.11 Å². The Morgan fingerprint density at radius 3 is 2.88 bits per heavy atom. The number of rotatable bonds is 3. The molecule has 1 aliphatic rings. The number of nitrogens with zero attached hydrogens (tertiary/aromatic N) is 1. The molecule has 86 valence electrons. The smallest absolute Gasteiger partial charge is 0.248 e. The normalized spacial score (nSPS) is 20.1. The average molecular weight is 219 g/mol. The molecule has 0 saturated carbocycles. The van der Waals surface area contributed by atoms with Gasteiger partial charge in [0, 0.05) is 26.1 Å². The number of amides is 1. The zero-order valence-electron chi connectivity index (χ0n) is 9.56. The summed E-state index contributed by atoms with van der Waals surface area (Å²) in [5, 5.41) is 0. The van der Waals surface area contributed by atoms with Gasteiger partial charge in [-0.3, -0.25) is 4.79 Å². The Balaban J connectivity index is 1.96. The molecule has 1 aromatic rings. The minimum atomic E-state index is 0.0981. The molecule has 0 bridgehead atoms. The predicted molar refractivity (Wildman–Crippen MR) is 62.3 cm³/mol. The number of ether oxygens (including phenoxy) is 1. The molecule has 3 heteroatoms. The van der Waals surface area contributed by atoms with E-state index in [0.717, 1.165) is 19.5 Å². The minimum absolute atomic E-state index is 0.0981. The molecule has 1 amide bonds. The largest absolute Gasteiger partial charge is 0.375 e. The van der Waals surface area contributed by atoms with Crippen LogP contribution >= 0.6 is 0 Å². The van der Waals surface area contributed by atoms with Crippen LogP contribution in [0.2, 0.25) is 0 Å². The fraction of sp³-hybridized carbons (Fsp3) is 0.462. The Hall–Kier alpha value is -1.35. The SMILES string of the molecule is COCC(=O)N1CCC(c2ccccc2)C1. The third-order valence-corrected chi connectivity index (χ3v) is 3.08. The maximum Gasteiger partial charge on any atom is 0.248 e. The molecule has 1 atom stereocenters. The maximum absolute atomic E-state index is 11.6. The van der Waals surface area contributed by atoms with E-state index >= 15 is 0 Å². The zero-order valence-corrected chi connectivity index (χ0v) is 9.56. The predicted octanol–water partition coefficient (Wildman–Crippen LogP) is 1.65. The van der Waals surface area contributed by atoms with Gasteiger partial charge in [-0.1, -0.05) is 30.3 Å². The zero-order chi connectivity index (χ0) is 11.4.